The Balaban J connectivity index is 1.95. The lowest BCUT2D eigenvalue weighted by Crippen LogP contribution is -2.65. The highest BCUT2D eigenvalue weighted by atomic mass is 16.7. The zero-order chi connectivity index (χ0) is 46.2. The Hall–Kier alpha value is -4.76. The fourth-order valence-corrected chi connectivity index (χ4v) is 5.56. The SMILES string of the molecule is [2H]CC(C)(C)C(=O)OC[C@H]1OC(Oc2nn(CCCO)c3nccc(CCc4ccc(O)cc4)c23)[C@H](OC(=O)C(C)(C)C[2H])[C@@H](OC(=O)C(C)(C)C[2H])[C@@H]1OC(=O)C(C)(C)C[2H]. The van der Waals surface area contributed by atoms with Crippen molar-refractivity contribution in [3.8, 4) is 11.6 Å². The molecule has 15 heteroatoms. The molecule has 1 saturated heterocycles. The molecule has 0 saturated carbocycles. The molecule has 5 atom stereocenters. The average molecular weight is 816 g/mol. The molecule has 1 aliphatic heterocycles. The van der Waals surface area contributed by atoms with Gasteiger partial charge in [0.1, 0.15) is 18.5 Å². The largest absolute Gasteiger partial charge is 0.508 e. The van der Waals surface area contributed by atoms with Crippen LogP contribution in [0.1, 0.15) is 106 Å². The first kappa shape index (κ1) is 40.0. The van der Waals surface area contributed by atoms with E-state index >= 15 is 0 Å². The maximum Gasteiger partial charge on any atom is 0.311 e. The molecule has 3 aromatic rings. The number of hydrogen-bond donors (Lipinski definition) is 2. The third kappa shape index (κ3) is 11.7. The number of rotatable bonds is 13. The molecule has 3 heterocycles. The monoisotopic (exact) mass is 815 g/mol. The number of esters is 4. The van der Waals surface area contributed by atoms with Crippen LogP contribution < -0.4 is 4.74 Å². The summed E-state index contributed by atoms with van der Waals surface area (Å²) in [5, 5.41) is 24.7. The molecule has 1 aliphatic rings. The van der Waals surface area contributed by atoms with Crippen LogP contribution >= 0.6 is 0 Å². The quantitative estimate of drug-likeness (QED) is 0.154. The molecule has 1 aromatic carbocycles. The summed E-state index contributed by atoms with van der Waals surface area (Å²) in [7, 11) is 0. The Bertz CT molecular complexity index is 2020. The molecule has 0 radical (unpaired) electrons. The lowest BCUT2D eigenvalue weighted by Gasteiger charge is -2.45. The van der Waals surface area contributed by atoms with Gasteiger partial charge in [0.15, 0.2) is 17.9 Å². The highest BCUT2D eigenvalue weighted by Gasteiger charge is 2.56. The van der Waals surface area contributed by atoms with Gasteiger partial charge in [0.2, 0.25) is 18.3 Å². The second-order valence-corrected chi connectivity index (χ2v) is 17.3. The Morgan fingerprint density at radius 2 is 1.33 bits per heavy atom. The van der Waals surface area contributed by atoms with E-state index in [0.717, 1.165) is 11.1 Å². The fourth-order valence-electron chi connectivity index (χ4n) is 5.56. The number of nitrogens with zero attached hydrogens (tertiary/aromatic N) is 3. The molecule has 4 rings (SSSR count). The first-order chi connectivity index (χ1) is 29.0. The second-order valence-electron chi connectivity index (χ2n) is 17.3. The van der Waals surface area contributed by atoms with Gasteiger partial charge in [-0.1, -0.05) is 12.1 Å². The van der Waals surface area contributed by atoms with Crippen molar-refractivity contribution in [3.05, 3.63) is 47.7 Å². The summed E-state index contributed by atoms with van der Waals surface area (Å²) in [6, 6.07) is 8.52. The zero-order valence-electron chi connectivity index (χ0n) is 38.7. The van der Waals surface area contributed by atoms with Gasteiger partial charge >= 0.3 is 23.9 Å². The van der Waals surface area contributed by atoms with Gasteiger partial charge in [0, 0.05) is 24.8 Å². The van der Waals surface area contributed by atoms with E-state index in [1.165, 1.54) is 60.1 Å². The highest BCUT2D eigenvalue weighted by Crippen LogP contribution is 2.37. The molecular weight excluding hydrogens is 750 g/mol. The van der Waals surface area contributed by atoms with E-state index in [4.69, 9.17) is 39.0 Å². The van der Waals surface area contributed by atoms with Gasteiger partial charge in [-0.25, -0.2) is 9.67 Å². The van der Waals surface area contributed by atoms with Crippen molar-refractivity contribution in [3.63, 3.8) is 0 Å². The van der Waals surface area contributed by atoms with Gasteiger partial charge in [-0.3, -0.25) is 19.2 Å². The minimum Gasteiger partial charge on any atom is -0.508 e. The van der Waals surface area contributed by atoms with E-state index in [9.17, 15) is 29.4 Å². The molecule has 0 amide bonds. The van der Waals surface area contributed by atoms with E-state index in [-0.39, 0.29) is 31.7 Å². The van der Waals surface area contributed by atoms with Crippen molar-refractivity contribution in [2.45, 2.75) is 140 Å². The number of aliphatic hydroxyl groups is 1. The van der Waals surface area contributed by atoms with Crippen molar-refractivity contribution in [2.75, 3.05) is 13.2 Å². The molecule has 15 nitrogen and oxygen atoms in total. The predicted molar refractivity (Wildman–Crippen MR) is 212 cm³/mol. The van der Waals surface area contributed by atoms with Crippen LogP contribution in [0.4, 0.5) is 0 Å². The van der Waals surface area contributed by atoms with Crippen LogP contribution in [-0.2, 0) is 62.2 Å². The van der Waals surface area contributed by atoms with Crippen LogP contribution in [0.3, 0.4) is 0 Å². The lowest BCUT2D eigenvalue weighted by molar-refractivity contribution is -0.294. The molecule has 0 bridgehead atoms. The Kier molecular flexibility index (Phi) is 12.4. The number of carbonyl (C=O) groups is 4. The van der Waals surface area contributed by atoms with Gasteiger partial charge in [-0.2, -0.15) is 0 Å². The number of fused-ring (bicyclic) bond motifs is 1. The maximum absolute atomic E-state index is 13.9. The number of aromatic nitrogens is 3. The molecular formula is C43H61N3O12. The number of ether oxygens (including phenoxy) is 6. The van der Waals surface area contributed by atoms with Gasteiger partial charge in [-0.15, -0.1) is 5.10 Å². The van der Waals surface area contributed by atoms with Gasteiger partial charge < -0.3 is 38.6 Å². The smallest absolute Gasteiger partial charge is 0.311 e. The molecule has 1 fully saturated rings. The van der Waals surface area contributed by atoms with Crippen LogP contribution in [0.25, 0.3) is 11.0 Å². The number of aromatic hydroxyl groups is 1. The van der Waals surface area contributed by atoms with Gasteiger partial charge in [-0.05, 0) is 132 Å². The summed E-state index contributed by atoms with van der Waals surface area (Å²) in [5.74, 6) is -3.52. The number of aliphatic hydroxyl groups excluding tert-OH is 1. The first-order valence-corrected chi connectivity index (χ1v) is 19.1. The predicted octanol–water partition coefficient (Wildman–Crippen LogP) is 5.87. The highest BCUT2D eigenvalue weighted by molar-refractivity contribution is 5.85. The van der Waals surface area contributed by atoms with Crippen LogP contribution in [-0.4, -0.2) is 92.8 Å². The third-order valence-corrected chi connectivity index (χ3v) is 8.97. The summed E-state index contributed by atoms with van der Waals surface area (Å²) < 4.78 is 70.6. The minimum atomic E-state index is -1.76. The van der Waals surface area contributed by atoms with Crippen molar-refractivity contribution < 1.29 is 63.3 Å². The third-order valence-electron chi connectivity index (χ3n) is 8.97. The minimum absolute atomic E-state index is 0.0639. The number of phenolic OH excluding ortho intramolecular Hbond substituents is 1. The van der Waals surface area contributed by atoms with Crippen LogP contribution in [0.15, 0.2) is 36.5 Å². The van der Waals surface area contributed by atoms with Gasteiger partial charge in [0.25, 0.3) is 0 Å². The second kappa shape index (κ2) is 18.0. The molecule has 2 N–H and O–H groups in total. The van der Waals surface area contributed by atoms with E-state index in [1.807, 2.05) is 0 Å². The first-order valence-electron chi connectivity index (χ1n) is 21.9. The normalized spacial score (nSPS) is 21.2. The lowest BCUT2D eigenvalue weighted by atomic mass is 9.93. The molecule has 0 aliphatic carbocycles. The maximum atomic E-state index is 13.9. The number of phenols is 1. The standard InChI is InChI=1S/C43H61N3O12/c1-40(2,3)36(49)53-24-28-30(55-37(50)41(4,5)6)31(56-38(51)42(7,8)9)32(57-39(52)43(10,11)12)35(54-28)58-34-29-26(17-14-25-15-18-27(48)19-16-25)20-21-44-33(29)46(45-34)22-13-23-47/h15-16,18-21,28,30-32,35,47-48H,13-14,17,22-24H2,1-12H3/t28-,30-,31+,32-,35?/m1/s1/i1D,4D,7D,10D. The number of benzene rings is 1. The van der Waals surface area contributed by atoms with Gasteiger partial charge in [0.05, 0.1) is 27.0 Å². The summed E-state index contributed by atoms with van der Waals surface area (Å²) in [4.78, 5) is 59.5. The number of aryl methyl sites for hydroxylation is 3. The molecule has 58 heavy (non-hydrogen) atoms. The van der Waals surface area contributed by atoms with Crippen molar-refractivity contribution in [1.29, 1.82) is 0 Å². The van der Waals surface area contributed by atoms with E-state index in [0.29, 0.717) is 30.3 Å². The number of carbonyl (C=O) groups excluding carboxylic acids is 4. The Labute approximate surface area is 346 Å². The molecule has 0 spiro atoms. The summed E-state index contributed by atoms with van der Waals surface area (Å²) in [6.45, 7) is 9.63. The Morgan fingerprint density at radius 3 is 1.90 bits per heavy atom. The van der Waals surface area contributed by atoms with Crippen LogP contribution in [0.2, 0.25) is 0 Å². The van der Waals surface area contributed by atoms with E-state index in [2.05, 4.69) is 4.98 Å². The Morgan fingerprint density at radius 1 is 0.776 bits per heavy atom. The topological polar surface area (TPSA) is 195 Å². The van der Waals surface area contributed by atoms with Crippen molar-refractivity contribution in [1.82, 2.24) is 14.8 Å². The van der Waals surface area contributed by atoms with E-state index in [1.54, 1.807) is 36.5 Å². The average Bonchev–Trinajstić information content (AvgIpc) is 3.60. The zero-order valence-corrected chi connectivity index (χ0v) is 34.7. The van der Waals surface area contributed by atoms with Crippen LogP contribution in [0, 0.1) is 21.7 Å². The summed E-state index contributed by atoms with van der Waals surface area (Å²) in [5.41, 5.74) is -3.50. The van der Waals surface area contributed by atoms with E-state index < -0.39 is 104 Å². The summed E-state index contributed by atoms with van der Waals surface area (Å²) in [6.07, 6.45) is -5.59. The van der Waals surface area contributed by atoms with Crippen molar-refractivity contribution in [2.24, 2.45) is 21.7 Å². The van der Waals surface area contributed by atoms with Crippen molar-refractivity contribution >= 4 is 34.9 Å². The molecule has 2 aromatic heterocycles. The number of hydrogen-bond acceptors (Lipinski definition) is 14. The summed E-state index contributed by atoms with van der Waals surface area (Å²) >= 11 is 0. The van der Waals surface area contributed by atoms with Crippen LogP contribution in [0.5, 0.6) is 11.6 Å². The molecule has 320 valence electrons. The molecule has 1 unspecified atom stereocenters. The number of pyridine rings is 1. The fraction of sp³-hybridized carbons (Fsp3) is 0.628.